The second-order valence-corrected chi connectivity index (χ2v) is 6.36. The van der Waals surface area contributed by atoms with Gasteiger partial charge in [0.1, 0.15) is 5.75 Å². The highest BCUT2D eigenvalue weighted by Crippen LogP contribution is 2.42. The summed E-state index contributed by atoms with van der Waals surface area (Å²) in [7, 11) is 0.993. The Balaban J connectivity index is 2.57. The van der Waals surface area contributed by atoms with E-state index in [1.807, 2.05) is 38.1 Å². The smallest absolute Gasteiger partial charge is 0.134 e. The van der Waals surface area contributed by atoms with Crippen molar-refractivity contribution in [2.45, 2.75) is 19.4 Å². The van der Waals surface area contributed by atoms with Crippen LogP contribution in [0.2, 0.25) is 0 Å². The number of rotatable bonds is 3. The van der Waals surface area contributed by atoms with Crippen molar-refractivity contribution >= 4 is 31.8 Å². The molecule has 3 heteroatoms. The van der Waals surface area contributed by atoms with Gasteiger partial charge in [0.15, 0.2) is 0 Å². The molecular formula is C18H20O2Si. The van der Waals surface area contributed by atoms with Gasteiger partial charge in [-0.2, -0.15) is 0 Å². The summed E-state index contributed by atoms with van der Waals surface area (Å²) in [6.07, 6.45) is 0.760. The van der Waals surface area contributed by atoms with E-state index in [9.17, 15) is 5.11 Å². The summed E-state index contributed by atoms with van der Waals surface area (Å²) in [6.45, 7) is 3.68. The van der Waals surface area contributed by atoms with E-state index in [4.69, 9.17) is 4.74 Å². The van der Waals surface area contributed by atoms with Crippen LogP contribution in [0.3, 0.4) is 0 Å². The molecule has 3 rings (SSSR count). The van der Waals surface area contributed by atoms with Crippen molar-refractivity contribution in [2.75, 3.05) is 6.23 Å². The van der Waals surface area contributed by atoms with Gasteiger partial charge in [-0.25, -0.2) is 0 Å². The van der Waals surface area contributed by atoms with Crippen LogP contribution in [-0.4, -0.2) is 21.6 Å². The first-order chi connectivity index (χ1) is 10.0. The number of hydrogen-bond donors (Lipinski definition) is 1. The van der Waals surface area contributed by atoms with E-state index in [1.165, 1.54) is 0 Å². The number of aliphatic hydroxyl groups is 1. The lowest BCUT2D eigenvalue weighted by Crippen LogP contribution is -2.17. The molecule has 3 aromatic carbocycles. The quantitative estimate of drug-likeness (QED) is 0.595. The van der Waals surface area contributed by atoms with Crippen LogP contribution in [0, 0.1) is 0 Å². The molecule has 0 aliphatic heterocycles. The minimum Gasteiger partial charge on any atom is -0.497 e. The number of benzene rings is 3. The topological polar surface area (TPSA) is 29.5 Å². The zero-order valence-electron chi connectivity index (χ0n) is 12.7. The highest BCUT2D eigenvalue weighted by Gasteiger charge is 2.24. The average Bonchev–Trinajstić information content (AvgIpc) is 2.46. The predicted molar refractivity (Wildman–Crippen MR) is 92.1 cm³/mol. The molecule has 0 spiro atoms. The molecule has 0 saturated heterocycles. The molecule has 21 heavy (non-hydrogen) atoms. The molecule has 0 aromatic heterocycles. The normalized spacial score (nSPS) is 12.1. The van der Waals surface area contributed by atoms with Gasteiger partial charge in [-0.1, -0.05) is 48.5 Å². The zero-order valence-corrected chi connectivity index (χ0v) is 14.7. The van der Waals surface area contributed by atoms with Crippen LogP contribution in [0.5, 0.6) is 5.75 Å². The Bertz CT molecular complexity index is 746. The van der Waals surface area contributed by atoms with Crippen LogP contribution >= 0.6 is 0 Å². The van der Waals surface area contributed by atoms with Gasteiger partial charge in [-0.05, 0) is 30.2 Å². The Kier molecular flexibility index (Phi) is 3.47. The highest BCUT2D eigenvalue weighted by atomic mass is 28.1. The van der Waals surface area contributed by atoms with Crippen molar-refractivity contribution < 1.29 is 9.84 Å². The molecule has 0 amide bonds. The molecule has 0 atom stereocenters. The Labute approximate surface area is 127 Å². The lowest BCUT2D eigenvalue weighted by atomic mass is 9.87. The van der Waals surface area contributed by atoms with Gasteiger partial charge in [0, 0.05) is 10.8 Å². The third kappa shape index (κ3) is 2.32. The molecule has 0 heterocycles. The van der Waals surface area contributed by atoms with E-state index in [1.54, 1.807) is 0 Å². The van der Waals surface area contributed by atoms with Crippen LogP contribution in [-0.2, 0) is 5.60 Å². The molecule has 108 valence electrons. The molecule has 0 aliphatic carbocycles. The maximum Gasteiger partial charge on any atom is 0.134 e. The van der Waals surface area contributed by atoms with Crippen molar-refractivity contribution in [3.05, 3.63) is 54.1 Å². The van der Waals surface area contributed by atoms with Crippen molar-refractivity contribution in [3.8, 4) is 5.75 Å². The molecule has 0 fully saturated rings. The van der Waals surface area contributed by atoms with E-state index >= 15 is 0 Å². The maximum absolute atomic E-state index is 10.7. The molecular weight excluding hydrogens is 276 g/mol. The second kappa shape index (κ2) is 5.17. The number of ether oxygens (including phenoxy) is 1. The van der Waals surface area contributed by atoms with Crippen LogP contribution in [0.4, 0.5) is 0 Å². The van der Waals surface area contributed by atoms with Crippen LogP contribution in [0.1, 0.15) is 19.4 Å². The van der Waals surface area contributed by atoms with E-state index < -0.39 is 5.60 Å². The number of hydrogen-bond acceptors (Lipinski definition) is 2. The van der Waals surface area contributed by atoms with E-state index in [2.05, 4.69) is 24.3 Å². The standard InChI is InChI=1S/C18H20O2Si/c1-18(2,19)16-12-7-3-5-9-14(12)17(20-11-21)15-10-6-4-8-13(15)16/h3-10,19H,11H2,1-2,21H3. The molecule has 2 nitrogen and oxygen atoms in total. The first kappa shape index (κ1) is 14.1. The molecule has 0 bridgehead atoms. The van der Waals surface area contributed by atoms with Gasteiger partial charge in [-0.15, -0.1) is 0 Å². The first-order valence-corrected chi connectivity index (χ1v) is 8.74. The van der Waals surface area contributed by atoms with Gasteiger partial charge < -0.3 is 9.84 Å². The molecule has 3 aromatic rings. The molecule has 0 radical (unpaired) electrons. The Morgan fingerprint density at radius 1 is 0.905 bits per heavy atom. The van der Waals surface area contributed by atoms with Gasteiger partial charge >= 0.3 is 0 Å². The molecule has 0 aliphatic rings. The fraction of sp³-hybridized carbons (Fsp3) is 0.222. The molecule has 0 unspecified atom stereocenters. The SMILES string of the molecule is CC(C)(O)c1c2ccccc2c(OC[SiH3])c2ccccc12. The van der Waals surface area contributed by atoms with Gasteiger partial charge in [0.05, 0.1) is 22.1 Å². The van der Waals surface area contributed by atoms with E-state index in [0.29, 0.717) is 0 Å². The van der Waals surface area contributed by atoms with Crippen molar-refractivity contribution in [1.82, 2.24) is 0 Å². The van der Waals surface area contributed by atoms with Gasteiger partial charge in [0.25, 0.3) is 0 Å². The van der Waals surface area contributed by atoms with Crippen LogP contribution < -0.4 is 4.74 Å². The summed E-state index contributed by atoms with van der Waals surface area (Å²) in [6, 6.07) is 16.3. The predicted octanol–water partition coefficient (Wildman–Crippen LogP) is 2.92. The van der Waals surface area contributed by atoms with Crippen LogP contribution in [0.25, 0.3) is 21.5 Å². The zero-order chi connectivity index (χ0) is 15.0. The van der Waals surface area contributed by atoms with Crippen molar-refractivity contribution in [2.24, 2.45) is 0 Å². The summed E-state index contributed by atoms with van der Waals surface area (Å²) < 4.78 is 5.98. The van der Waals surface area contributed by atoms with E-state index in [0.717, 1.165) is 49.3 Å². The minimum absolute atomic E-state index is 0.760. The summed E-state index contributed by atoms with van der Waals surface area (Å²) in [5, 5.41) is 14.9. The second-order valence-electron chi connectivity index (χ2n) is 5.79. The first-order valence-electron chi connectivity index (χ1n) is 7.33. The molecule has 0 saturated carbocycles. The van der Waals surface area contributed by atoms with Gasteiger partial charge in [0.2, 0.25) is 0 Å². The summed E-state index contributed by atoms with van der Waals surface area (Å²) in [5.41, 5.74) is 0.0630. The lowest BCUT2D eigenvalue weighted by Gasteiger charge is -2.24. The minimum atomic E-state index is -0.904. The van der Waals surface area contributed by atoms with Crippen LogP contribution in [0.15, 0.2) is 48.5 Å². The third-order valence-electron chi connectivity index (χ3n) is 3.78. The number of fused-ring (bicyclic) bond motifs is 2. The molecule has 1 N–H and O–H groups in total. The Hall–Kier alpha value is -1.84. The van der Waals surface area contributed by atoms with Gasteiger partial charge in [-0.3, -0.25) is 0 Å². The van der Waals surface area contributed by atoms with Crippen molar-refractivity contribution in [3.63, 3.8) is 0 Å². The van der Waals surface area contributed by atoms with E-state index in [-0.39, 0.29) is 0 Å². The summed E-state index contributed by atoms with van der Waals surface area (Å²) >= 11 is 0. The highest BCUT2D eigenvalue weighted by molar-refractivity contribution is 6.11. The third-order valence-corrected chi connectivity index (χ3v) is 4.07. The fourth-order valence-electron chi connectivity index (χ4n) is 3.05. The summed E-state index contributed by atoms with van der Waals surface area (Å²) in [5.74, 6) is 0.934. The summed E-state index contributed by atoms with van der Waals surface area (Å²) in [4.78, 5) is 0. The monoisotopic (exact) mass is 296 g/mol. The Morgan fingerprint density at radius 3 is 1.71 bits per heavy atom. The average molecular weight is 296 g/mol. The maximum atomic E-state index is 10.7. The lowest BCUT2D eigenvalue weighted by molar-refractivity contribution is 0.0817. The Morgan fingerprint density at radius 2 is 1.33 bits per heavy atom. The largest absolute Gasteiger partial charge is 0.497 e. The fourth-order valence-corrected chi connectivity index (χ4v) is 3.34. The van der Waals surface area contributed by atoms with Crippen molar-refractivity contribution in [1.29, 1.82) is 0 Å².